The van der Waals surface area contributed by atoms with Crippen LogP contribution in [0.3, 0.4) is 0 Å². The van der Waals surface area contributed by atoms with Gasteiger partial charge in [0.25, 0.3) is 5.90 Å². The monoisotopic (exact) mass is 405 g/mol. The van der Waals surface area contributed by atoms with Crippen LogP contribution in [0, 0.1) is 23.3 Å². The van der Waals surface area contributed by atoms with Crippen LogP contribution in [0.5, 0.6) is 0 Å². The van der Waals surface area contributed by atoms with E-state index in [4.69, 9.17) is 5.11 Å². The minimum absolute atomic E-state index is 0.0217. The fourth-order valence-corrected chi connectivity index (χ4v) is 2.20. The van der Waals surface area contributed by atoms with Crippen molar-refractivity contribution in [3.8, 4) is 0 Å². The fourth-order valence-electron chi connectivity index (χ4n) is 2.20. The van der Waals surface area contributed by atoms with E-state index in [-0.39, 0.29) is 12.5 Å². The van der Waals surface area contributed by atoms with Crippen LogP contribution in [-0.4, -0.2) is 47.1 Å². The van der Waals surface area contributed by atoms with Crippen LogP contribution in [0.15, 0.2) is 11.1 Å². The van der Waals surface area contributed by atoms with Crippen molar-refractivity contribution >= 4 is 5.90 Å². The molecule has 1 aliphatic rings. The van der Waals surface area contributed by atoms with Gasteiger partial charge >= 0.3 is 6.43 Å². The first-order valence-electron chi connectivity index (χ1n) is 7.87. The molecule has 27 heavy (non-hydrogen) atoms. The summed E-state index contributed by atoms with van der Waals surface area (Å²) < 4.78 is 82.7. The Morgan fingerprint density at radius 2 is 1.59 bits per heavy atom. The molecule has 2 rings (SSSR count). The van der Waals surface area contributed by atoms with Gasteiger partial charge in [0, 0.05) is 26.0 Å². The molecule has 1 aromatic rings. The molecule has 156 valence electrons. The van der Waals surface area contributed by atoms with Crippen LogP contribution in [0.25, 0.3) is 0 Å². The van der Waals surface area contributed by atoms with Crippen molar-refractivity contribution in [2.45, 2.75) is 51.6 Å². The molecule has 1 heterocycles. The van der Waals surface area contributed by atoms with E-state index in [0.717, 1.165) is 7.11 Å². The van der Waals surface area contributed by atoms with E-state index in [1.165, 1.54) is 0 Å². The van der Waals surface area contributed by atoms with E-state index in [1.54, 1.807) is 0 Å². The number of aliphatic hydroxyl groups excluding tert-OH is 3. The number of aliphatic hydroxyl groups is 3. The number of halogens is 6. The Kier molecular flexibility index (Phi) is 11.0. The van der Waals surface area contributed by atoms with Crippen molar-refractivity contribution in [2.75, 3.05) is 7.11 Å². The third-order valence-corrected chi connectivity index (χ3v) is 3.20. The second-order valence-corrected chi connectivity index (χ2v) is 4.86. The van der Waals surface area contributed by atoms with Crippen LogP contribution in [0.4, 0.5) is 26.3 Å². The first kappa shape index (κ1) is 25.1. The third-order valence-electron chi connectivity index (χ3n) is 3.20. The highest BCUT2D eigenvalue weighted by atomic mass is 19.3. The average Bonchev–Trinajstić information content (AvgIpc) is 2.63. The smallest absolute Gasteiger partial charge is 0.312 e. The number of ether oxygens (including phenoxy) is 1. The SMILES string of the molecule is CC.CO.OC1CC(CC(O)c2c(F)c(F)cc(F)c2F)N=C(C(F)F)O1. The molecule has 11 heteroatoms. The van der Waals surface area contributed by atoms with Gasteiger partial charge in [-0.05, 0) is 0 Å². The van der Waals surface area contributed by atoms with E-state index in [0.29, 0.717) is 0 Å². The molecule has 3 atom stereocenters. The molecule has 1 aliphatic heterocycles. The molecule has 0 bridgehead atoms. The van der Waals surface area contributed by atoms with Crippen molar-refractivity contribution in [3.63, 3.8) is 0 Å². The normalized spacial score (nSPS) is 19.8. The van der Waals surface area contributed by atoms with Gasteiger partial charge in [-0.15, -0.1) is 0 Å². The minimum atomic E-state index is -3.13. The summed E-state index contributed by atoms with van der Waals surface area (Å²) in [4.78, 5) is 3.39. The van der Waals surface area contributed by atoms with Crippen molar-refractivity contribution in [1.29, 1.82) is 0 Å². The second-order valence-electron chi connectivity index (χ2n) is 4.86. The number of nitrogens with zero attached hydrogens (tertiary/aromatic N) is 1. The van der Waals surface area contributed by atoms with Crippen molar-refractivity contribution < 1.29 is 46.4 Å². The topological polar surface area (TPSA) is 82.3 Å². The lowest BCUT2D eigenvalue weighted by Crippen LogP contribution is -2.33. The van der Waals surface area contributed by atoms with E-state index < -0.39 is 66.0 Å². The quantitative estimate of drug-likeness (QED) is 0.531. The standard InChI is InChI=1S/C13H11F6NO3.C2H6.CH4O/c14-5-3-6(15)11(17)9(10(5)16)7(21)1-4-2-8(22)23-13(20-4)12(18)19;2*1-2/h3-4,7-8,12,21-22H,1-2H2;1-2H3;2H,1H3. The predicted octanol–water partition coefficient (Wildman–Crippen LogP) is 3.07. The highest BCUT2D eigenvalue weighted by molar-refractivity contribution is 5.80. The Bertz CT molecular complexity index is 603. The van der Waals surface area contributed by atoms with Gasteiger partial charge in [0.05, 0.1) is 17.7 Å². The Morgan fingerprint density at radius 1 is 1.11 bits per heavy atom. The fraction of sp³-hybridized carbons (Fsp3) is 0.562. The highest BCUT2D eigenvalue weighted by Crippen LogP contribution is 2.30. The lowest BCUT2D eigenvalue weighted by Gasteiger charge is -2.26. The zero-order valence-electron chi connectivity index (χ0n) is 14.8. The van der Waals surface area contributed by atoms with Crippen LogP contribution in [0.1, 0.15) is 38.4 Å². The molecule has 0 saturated carbocycles. The Hall–Kier alpha value is -1.85. The summed E-state index contributed by atoms with van der Waals surface area (Å²) in [7, 11) is 1.00. The van der Waals surface area contributed by atoms with Gasteiger partial charge in [-0.3, -0.25) is 0 Å². The maximum absolute atomic E-state index is 13.6. The zero-order chi connectivity index (χ0) is 21.3. The van der Waals surface area contributed by atoms with Crippen molar-refractivity contribution in [2.24, 2.45) is 4.99 Å². The third kappa shape index (κ3) is 6.67. The Balaban J connectivity index is 0.00000158. The summed E-state index contributed by atoms with van der Waals surface area (Å²) in [6, 6.07) is -1.20. The summed E-state index contributed by atoms with van der Waals surface area (Å²) in [5.74, 6) is -8.08. The molecule has 1 aromatic carbocycles. The van der Waals surface area contributed by atoms with Gasteiger partial charge in [0.1, 0.15) is 0 Å². The van der Waals surface area contributed by atoms with Gasteiger partial charge in [0.15, 0.2) is 23.3 Å². The average molecular weight is 405 g/mol. The maximum Gasteiger partial charge on any atom is 0.312 e. The lowest BCUT2D eigenvalue weighted by atomic mass is 9.98. The summed E-state index contributed by atoms with van der Waals surface area (Å²) in [6.07, 6.45) is -7.82. The van der Waals surface area contributed by atoms with E-state index >= 15 is 0 Å². The van der Waals surface area contributed by atoms with Gasteiger partial charge in [-0.25, -0.2) is 22.6 Å². The summed E-state index contributed by atoms with van der Waals surface area (Å²) in [6.45, 7) is 4.00. The number of alkyl halides is 2. The second kappa shape index (κ2) is 11.8. The van der Waals surface area contributed by atoms with Gasteiger partial charge in [0.2, 0.25) is 6.29 Å². The predicted molar refractivity (Wildman–Crippen MR) is 84.3 cm³/mol. The number of hydrogen-bond acceptors (Lipinski definition) is 5. The maximum atomic E-state index is 13.6. The molecule has 0 aromatic heterocycles. The van der Waals surface area contributed by atoms with Crippen molar-refractivity contribution in [3.05, 3.63) is 34.9 Å². The summed E-state index contributed by atoms with van der Waals surface area (Å²) >= 11 is 0. The molecule has 0 amide bonds. The summed E-state index contributed by atoms with van der Waals surface area (Å²) in [5.41, 5.74) is -1.27. The van der Waals surface area contributed by atoms with E-state index in [1.807, 2.05) is 13.8 Å². The molecule has 0 saturated heterocycles. The zero-order valence-corrected chi connectivity index (χ0v) is 14.8. The highest BCUT2D eigenvalue weighted by Gasteiger charge is 2.32. The van der Waals surface area contributed by atoms with Gasteiger partial charge in [-0.1, -0.05) is 13.8 Å². The molecule has 5 nitrogen and oxygen atoms in total. The molecular formula is C16H21F6NO4. The molecule has 3 N–H and O–H groups in total. The molecule has 3 unspecified atom stereocenters. The van der Waals surface area contributed by atoms with Crippen LogP contribution < -0.4 is 0 Å². The lowest BCUT2D eigenvalue weighted by molar-refractivity contribution is -0.0617. The van der Waals surface area contributed by atoms with Gasteiger partial charge in [-0.2, -0.15) is 8.78 Å². The first-order chi connectivity index (χ1) is 12.7. The molecule has 0 aliphatic carbocycles. The van der Waals surface area contributed by atoms with E-state index in [2.05, 4.69) is 9.73 Å². The van der Waals surface area contributed by atoms with Crippen LogP contribution >= 0.6 is 0 Å². The largest absolute Gasteiger partial charge is 0.447 e. The number of rotatable bonds is 4. The first-order valence-corrected chi connectivity index (χ1v) is 7.87. The number of benzene rings is 1. The van der Waals surface area contributed by atoms with Crippen LogP contribution in [-0.2, 0) is 4.74 Å². The molecule has 0 fully saturated rings. The molecular weight excluding hydrogens is 384 g/mol. The molecule has 0 spiro atoms. The van der Waals surface area contributed by atoms with E-state index in [9.17, 15) is 36.6 Å². The van der Waals surface area contributed by atoms with Crippen molar-refractivity contribution in [1.82, 2.24) is 0 Å². The minimum Gasteiger partial charge on any atom is -0.447 e. The number of hydrogen-bond donors (Lipinski definition) is 3. The number of aliphatic imine (C=N–C) groups is 1. The Labute approximate surface area is 151 Å². The van der Waals surface area contributed by atoms with Gasteiger partial charge < -0.3 is 20.1 Å². The summed E-state index contributed by atoms with van der Waals surface area (Å²) in [5, 5.41) is 26.1. The molecule has 0 radical (unpaired) electrons. The Morgan fingerprint density at radius 3 is 2.04 bits per heavy atom. The van der Waals surface area contributed by atoms with Crippen LogP contribution in [0.2, 0.25) is 0 Å².